The molecule has 0 unspecified atom stereocenters. The van der Waals surface area contributed by atoms with Crippen molar-refractivity contribution in [1.29, 1.82) is 0 Å². The lowest BCUT2D eigenvalue weighted by molar-refractivity contribution is 0.343. The van der Waals surface area contributed by atoms with E-state index < -0.39 is 0 Å². The summed E-state index contributed by atoms with van der Waals surface area (Å²) in [5.74, 6) is 8.26. The minimum absolute atomic E-state index is 0.358. The molecule has 0 aliphatic rings. The van der Waals surface area contributed by atoms with Crippen molar-refractivity contribution < 1.29 is 9.15 Å². The van der Waals surface area contributed by atoms with E-state index in [9.17, 15) is 0 Å². The van der Waals surface area contributed by atoms with Crippen molar-refractivity contribution in [1.82, 2.24) is 4.98 Å². The van der Waals surface area contributed by atoms with Gasteiger partial charge in [-0.05, 0) is 32.0 Å². The zero-order valence-electron chi connectivity index (χ0n) is 12.2. The van der Waals surface area contributed by atoms with Crippen LogP contribution in [0.3, 0.4) is 0 Å². The number of benzene rings is 1. The number of nitrogens with zero attached hydrogens (tertiary/aromatic N) is 1. The smallest absolute Gasteiger partial charge is 0.256 e. The highest BCUT2D eigenvalue weighted by Gasteiger charge is 2.05. The summed E-state index contributed by atoms with van der Waals surface area (Å²) >= 11 is 1.55. The van der Waals surface area contributed by atoms with Crippen LogP contribution in [0.1, 0.15) is 17.0 Å². The molecule has 0 amide bonds. The Kier molecular flexibility index (Phi) is 5.73. The van der Waals surface area contributed by atoms with Gasteiger partial charge in [-0.2, -0.15) is 0 Å². The first-order chi connectivity index (χ1) is 10.2. The molecule has 1 aromatic heterocycles. The molecule has 0 aliphatic carbocycles. The van der Waals surface area contributed by atoms with Gasteiger partial charge in [0.15, 0.2) is 0 Å². The molecular weight excluding hydrogens is 284 g/mol. The number of ether oxygens (including phenoxy) is 1. The highest BCUT2D eigenvalue weighted by Crippen LogP contribution is 2.20. The number of oxazole rings is 1. The Morgan fingerprint density at radius 1 is 1.38 bits per heavy atom. The van der Waals surface area contributed by atoms with Gasteiger partial charge in [-0.3, -0.25) is 0 Å². The Morgan fingerprint density at radius 2 is 2.24 bits per heavy atom. The van der Waals surface area contributed by atoms with E-state index in [1.54, 1.807) is 11.8 Å². The monoisotopic (exact) mass is 302 g/mol. The van der Waals surface area contributed by atoms with E-state index in [-0.39, 0.29) is 0 Å². The average molecular weight is 302 g/mol. The summed E-state index contributed by atoms with van der Waals surface area (Å²) in [5.41, 5.74) is 7.20. The van der Waals surface area contributed by atoms with Gasteiger partial charge in [0.1, 0.15) is 11.5 Å². The highest BCUT2D eigenvalue weighted by atomic mass is 32.2. The predicted octanol–water partition coefficient (Wildman–Crippen LogP) is 2.77. The third kappa shape index (κ3) is 4.85. The maximum atomic E-state index is 5.70. The molecule has 0 radical (unpaired) electrons. The molecule has 0 bridgehead atoms. The standard InChI is InChI=1S/C16H18N2O2S/c1-12-13(2)20-16(18-12)21-10-9-19-15-7-3-5-14(11-15)6-4-8-17/h3,5,7,11H,8-10,17H2,1-2H3. The molecule has 4 nitrogen and oxygen atoms in total. The predicted molar refractivity (Wildman–Crippen MR) is 84.6 cm³/mol. The Hall–Kier alpha value is -1.90. The fourth-order valence-electron chi connectivity index (χ4n) is 1.61. The SMILES string of the molecule is Cc1nc(SCCOc2cccc(C#CCN)c2)oc1C. The van der Waals surface area contributed by atoms with Gasteiger partial charge in [-0.15, -0.1) is 0 Å². The lowest BCUT2D eigenvalue weighted by Gasteiger charge is -2.05. The van der Waals surface area contributed by atoms with Crippen LogP contribution >= 0.6 is 11.8 Å². The number of aryl methyl sites for hydroxylation is 2. The number of rotatable bonds is 5. The number of hydrogen-bond acceptors (Lipinski definition) is 5. The number of aromatic nitrogens is 1. The molecule has 2 N–H and O–H groups in total. The van der Waals surface area contributed by atoms with Gasteiger partial charge in [0.05, 0.1) is 18.8 Å². The van der Waals surface area contributed by atoms with Gasteiger partial charge in [0, 0.05) is 11.3 Å². The molecule has 0 aliphatic heterocycles. The van der Waals surface area contributed by atoms with Gasteiger partial charge < -0.3 is 14.9 Å². The largest absolute Gasteiger partial charge is 0.493 e. The Balaban J connectivity index is 1.80. The van der Waals surface area contributed by atoms with E-state index in [0.717, 1.165) is 28.5 Å². The van der Waals surface area contributed by atoms with E-state index in [1.165, 1.54) is 0 Å². The first-order valence-electron chi connectivity index (χ1n) is 6.67. The van der Waals surface area contributed by atoms with Gasteiger partial charge in [0.2, 0.25) is 0 Å². The number of thioether (sulfide) groups is 1. The van der Waals surface area contributed by atoms with Crippen LogP contribution in [0.4, 0.5) is 0 Å². The molecular formula is C16H18N2O2S. The summed E-state index contributed by atoms with van der Waals surface area (Å²) < 4.78 is 11.2. The van der Waals surface area contributed by atoms with Crippen LogP contribution in [0, 0.1) is 25.7 Å². The molecule has 1 aromatic carbocycles. The maximum absolute atomic E-state index is 5.70. The van der Waals surface area contributed by atoms with Crippen molar-refractivity contribution >= 4 is 11.8 Å². The third-order valence-corrected chi connectivity index (χ3v) is 3.55. The molecule has 5 heteroatoms. The van der Waals surface area contributed by atoms with Crippen molar-refractivity contribution in [3.8, 4) is 17.6 Å². The van der Waals surface area contributed by atoms with E-state index in [4.69, 9.17) is 14.9 Å². The van der Waals surface area contributed by atoms with Crippen LogP contribution in [-0.4, -0.2) is 23.9 Å². The molecule has 110 valence electrons. The zero-order valence-corrected chi connectivity index (χ0v) is 13.0. The average Bonchev–Trinajstić information content (AvgIpc) is 2.80. The molecule has 2 rings (SSSR count). The second-order valence-electron chi connectivity index (χ2n) is 4.35. The van der Waals surface area contributed by atoms with Gasteiger partial charge in [-0.25, -0.2) is 4.98 Å². The molecule has 0 saturated carbocycles. The van der Waals surface area contributed by atoms with Crippen molar-refractivity contribution in [2.75, 3.05) is 18.9 Å². The summed E-state index contributed by atoms with van der Waals surface area (Å²) in [7, 11) is 0. The van der Waals surface area contributed by atoms with Gasteiger partial charge in [-0.1, -0.05) is 29.7 Å². The van der Waals surface area contributed by atoms with Crippen molar-refractivity contribution in [3.05, 3.63) is 41.3 Å². The molecule has 2 aromatic rings. The van der Waals surface area contributed by atoms with Crippen molar-refractivity contribution in [2.24, 2.45) is 5.73 Å². The summed E-state index contributed by atoms with van der Waals surface area (Å²) in [6.45, 7) is 4.79. The Bertz CT molecular complexity index is 636. The van der Waals surface area contributed by atoms with Crippen LogP contribution in [-0.2, 0) is 0 Å². The van der Waals surface area contributed by atoms with Crippen LogP contribution in [0.2, 0.25) is 0 Å². The topological polar surface area (TPSA) is 61.3 Å². The maximum Gasteiger partial charge on any atom is 0.256 e. The van der Waals surface area contributed by atoms with Gasteiger partial charge in [0.25, 0.3) is 5.22 Å². The normalized spacial score (nSPS) is 10.0. The fraction of sp³-hybridized carbons (Fsp3) is 0.312. The number of hydrogen-bond donors (Lipinski definition) is 1. The van der Waals surface area contributed by atoms with Crippen LogP contribution in [0.5, 0.6) is 5.75 Å². The summed E-state index contributed by atoms with van der Waals surface area (Å²) in [6.07, 6.45) is 0. The molecule has 1 heterocycles. The fourth-order valence-corrected chi connectivity index (χ4v) is 2.34. The highest BCUT2D eigenvalue weighted by molar-refractivity contribution is 7.99. The summed E-state index contributed by atoms with van der Waals surface area (Å²) in [5, 5.41) is 0.691. The van der Waals surface area contributed by atoms with Crippen molar-refractivity contribution in [3.63, 3.8) is 0 Å². The second kappa shape index (κ2) is 7.77. The van der Waals surface area contributed by atoms with Crippen LogP contribution < -0.4 is 10.5 Å². The van der Waals surface area contributed by atoms with Crippen molar-refractivity contribution in [2.45, 2.75) is 19.1 Å². The minimum Gasteiger partial charge on any atom is -0.493 e. The quantitative estimate of drug-likeness (QED) is 0.523. The Labute approximate surface area is 129 Å². The van der Waals surface area contributed by atoms with E-state index in [0.29, 0.717) is 18.4 Å². The molecule has 21 heavy (non-hydrogen) atoms. The van der Waals surface area contributed by atoms with Gasteiger partial charge >= 0.3 is 0 Å². The van der Waals surface area contributed by atoms with Crippen LogP contribution in [0.15, 0.2) is 33.9 Å². The molecule has 0 atom stereocenters. The van der Waals surface area contributed by atoms with Crippen LogP contribution in [0.25, 0.3) is 0 Å². The lowest BCUT2D eigenvalue weighted by Crippen LogP contribution is -2.00. The lowest BCUT2D eigenvalue weighted by atomic mass is 10.2. The first kappa shape index (κ1) is 15.5. The van der Waals surface area contributed by atoms with E-state index >= 15 is 0 Å². The first-order valence-corrected chi connectivity index (χ1v) is 7.66. The zero-order chi connectivity index (χ0) is 15.1. The molecule has 0 spiro atoms. The summed E-state index contributed by atoms with van der Waals surface area (Å²) in [4.78, 5) is 4.31. The minimum atomic E-state index is 0.358. The summed E-state index contributed by atoms with van der Waals surface area (Å²) in [6, 6.07) is 7.68. The molecule has 0 saturated heterocycles. The Morgan fingerprint density at radius 3 is 2.95 bits per heavy atom. The number of nitrogens with two attached hydrogens (primary N) is 1. The van der Waals surface area contributed by atoms with E-state index in [1.807, 2.05) is 38.1 Å². The third-order valence-electron chi connectivity index (χ3n) is 2.76. The molecule has 0 fully saturated rings. The second-order valence-corrected chi connectivity index (χ2v) is 5.40. The van der Waals surface area contributed by atoms with E-state index in [2.05, 4.69) is 16.8 Å².